The molecule has 1 rings (SSSR count). The lowest BCUT2D eigenvalue weighted by Gasteiger charge is -2.28. The van der Waals surface area contributed by atoms with Crippen LogP contribution in [0.15, 0.2) is 11.7 Å². The van der Waals surface area contributed by atoms with E-state index in [0.29, 0.717) is 0 Å². The molecule has 0 aromatic carbocycles. The number of ether oxygens (including phenoxy) is 1. The zero-order valence-electron chi connectivity index (χ0n) is 12.4. The maximum atomic E-state index is 12.7. The number of rotatable bonds is 4. The molecule has 0 bridgehead atoms. The Morgan fingerprint density at radius 1 is 1.36 bits per heavy atom. The largest absolute Gasteiger partial charge is 0.480 e. The summed E-state index contributed by atoms with van der Waals surface area (Å²) in [4.78, 5) is 35.8. The first-order chi connectivity index (χ1) is 10.2. The Bertz CT molecular complexity index is 503. The second-order valence-corrected chi connectivity index (χ2v) is 5.25. The average Bonchev–Trinajstić information content (AvgIpc) is 2.88. The molecule has 1 heterocycles. The molecule has 0 unspecified atom stereocenters. The van der Waals surface area contributed by atoms with Gasteiger partial charge in [0, 0.05) is 18.5 Å². The van der Waals surface area contributed by atoms with Crippen molar-refractivity contribution in [3.8, 4) is 0 Å². The van der Waals surface area contributed by atoms with E-state index in [9.17, 15) is 23.2 Å². The minimum Gasteiger partial charge on any atom is -0.480 e. The molecule has 0 aromatic heterocycles. The molecule has 2 atom stereocenters. The summed E-state index contributed by atoms with van der Waals surface area (Å²) in [7, 11) is 1.12. The lowest BCUT2D eigenvalue weighted by molar-refractivity contribution is -0.149. The summed E-state index contributed by atoms with van der Waals surface area (Å²) >= 11 is 0. The highest BCUT2D eigenvalue weighted by Crippen LogP contribution is 2.28. The summed E-state index contributed by atoms with van der Waals surface area (Å²) in [5, 5.41) is 11.4. The molecule has 0 radical (unpaired) electrons. The fraction of sp³-hybridized carbons (Fsp3) is 0.615. The van der Waals surface area contributed by atoms with Crippen LogP contribution in [0.25, 0.3) is 0 Å². The number of aliphatic carboxylic acids is 1. The van der Waals surface area contributed by atoms with Crippen molar-refractivity contribution in [2.24, 2.45) is 5.92 Å². The Balaban J connectivity index is 3.03. The Labute approximate surface area is 125 Å². The first kappa shape index (κ1) is 17.9. The maximum Gasteiger partial charge on any atom is 0.407 e. The molecule has 0 aromatic rings. The summed E-state index contributed by atoms with van der Waals surface area (Å²) in [6, 6.07) is -2.43. The molecule has 0 saturated carbocycles. The Morgan fingerprint density at radius 3 is 2.36 bits per heavy atom. The molecule has 1 saturated heterocycles. The number of carboxylic acids is 1. The Kier molecular flexibility index (Phi) is 5.84. The van der Waals surface area contributed by atoms with Gasteiger partial charge in [0.2, 0.25) is 5.91 Å². The highest BCUT2D eigenvalue weighted by Gasteiger charge is 2.42. The van der Waals surface area contributed by atoms with Crippen molar-refractivity contribution in [2.75, 3.05) is 13.7 Å². The van der Waals surface area contributed by atoms with Crippen LogP contribution in [0.2, 0.25) is 0 Å². The van der Waals surface area contributed by atoms with Gasteiger partial charge in [0.15, 0.2) is 0 Å². The van der Waals surface area contributed by atoms with Crippen molar-refractivity contribution in [3.05, 3.63) is 11.7 Å². The van der Waals surface area contributed by atoms with Crippen LogP contribution in [0.4, 0.5) is 13.6 Å². The van der Waals surface area contributed by atoms with E-state index in [0.717, 1.165) is 12.0 Å². The summed E-state index contributed by atoms with van der Waals surface area (Å²) in [5.41, 5.74) is -0.388. The van der Waals surface area contributed by atoms with Gasteiger partial charge < -0.3 is 20.1 Å². The predicted octanol–water partition coefficient (Wildman–Crippen LogP) is 1.20. The number of carbonyl (C=O) groups is 3. The van der Waals surface area contributed by atoms with Gasteiger partial charge in [-0.15, -0.1) is 0 Å². The molecule has 1 aliphatic heterocycles. The van der Waals surface area contributed by atoms with E-state index < -0.39 is 49.1 Å². The van der Waals surface area contributed by atoms with E-state index in [1.54, 1.807) is 13.8 Å². The number of nitrogens with zero attached hydrogens (tertiary/aromatic N) is 1. The third-order valence-corrected chi connectivity index (χ3v) is 3.40. The van der Waals surface area contributed by atoms with Gasteiger partial charge in [-0.25, -0.2) is 9.59 Å². The van der Waals surface area contributed by atoms with Gasteiger partial charge in [0.25, 0.3) is 6.08 Å². The highest BCUT2D eigenvalue weighted by atomic mass is 19.3. The molecule has 22 heavy (non-hydrogen) atoms. The summed E-state index contributed by atoms with van der Waals surface area (Å²) in [6.45, 7) is 2.80. The van der Waals surface area contributed by atoms with Crippen LogP contribution in [-0.2, 0) is 14.3 Å². The number of nitrogens with one attached hydrogen (secondary N) is 1. The number of hydrogen-bond donors (Lipinski definition) is 2. The van der Waals surface area contributed by atoms with Gasteiger partial charge >= 0.3 is 12.1 Å². The topological polar surface area (TPSA) is 95.9 Å². The first-order valence-corrected chi connectivity index (χ1v) is 6.59. The summed E-state index contributed by atoms with van der Waals surface area (Å²) < 4.78 is 29.8. The fourth-order valence-corrected chi connectivity index (χ4v) is 2.19. The number of carbonyl (C=O) groups excluding carboxylic acids is 2. The Morgan fingerprint density at radius 2 is 1.95 bits per heavy atom. The zero-order chi connectivity index (χ0) is 17.0. The second-order valence-electron chi connectivity index (χ2n) is 5.25. The quantitative estimate of drug-likeness (QED) is 0.811. The number of halogens is 2. The van der Waals surface area contributed by atoms with E-state index >= 15 is 0 Å². The normalized spacial score (nSPS) is 19.1. The van der Waals surface area contributed by atoms with Crippen LogP contribution >= 0.6 is 0 Å². The molecule has 9 heteroatoms. The van der Waals surface area contributed by atoms with Crippen LogP contribution in [0.3, 0.4) is 0 Å². The van der Waals surface area contributed by atoms with Crippen molar-refractivity contribution in [2.45, 2.75) is 32.4 Å². The highest BCUT2D eigenvalue weighted by molar-refractivity contribution is 5.90. The zero-order valence-corrected chi connectivity index (χ0v) is 12.4. The molecular formula is C13H18F2N2O5. The monoisotopic (exact) mass is 320 g/mol. The van der Waals surface area contributed by atoms with E-state index in [2.05, 4.69) is 10.1 Å². The van der Waals surface area contributed by atoms with Gasteiger partial charge in [0.1, 0.15) is 12.1 Å². The number of amides is 2. The SMILES string of the molecule is COC(=O)N[C@H](C(=O)N1CC(=C(F)F)C[C@H]1C(=O)O)C(C)C. The molecule has 0 spiro atoms. The predicted molar refractivity (Wildman–Crippen MR) is 71.2 cm³/mol. The summed E-state index contributed by atoms with van der Waals surface area (Å²) in [6.07, 6.45) is -3.26. The van der Waals surface area contributed by atoms with Crippen molar-refractivity contribution < 1.29 is 33.0 Å². The van der Waals surface area contributed by atoms with Gasteiger partial charge in [0.05, 0.1) is 7.11 Å². The summed E-state index contributed by atoms with van der Waals surface area (Å²) in [5.74, 6) is -2.47. The number of hydrogen-bond acceptors (Lipinski definition) is 4. The Hall–Kier alpha value is -2.19. The lowest BCUT2D eigenvalue weighted by Crippen LogP contribution is -2.53. The molecule has 1 fully saturated rings. The number of methoxy groups -OCH3 is 1. The lowest BCUT2D eigenvalue weighted by atomic mass is 10.0. The molecule has 0 aliphatic carbocycles. The van der Waals surface area contributed by atoms with Gasteiger partial charge in [-0.1, -0.05) is 13.8 Å². The first-order valence-electron chi connectivity index (χ1n) is 6.59. The van der Waals surface area contributed by atoms with E-state index in [-0.39, 0.29) is 11.5 Å². The second kappa shape index (κ2) is 7.19. The molecule has 7 nitrogen and oxygen atoms in total. The van der Waals surface area contributed by atoms with E-state index in [1.807, 2.05) is 0 Å². The van der Waals surface area contributed by atoms with Crippen molar-refractivity contribution in [3.63, 3.8) is 0 Å². The molecule has 124 valence electrons. The van der Waals surface area contributed by atoms with Crippen LogP contribution in [0, 0.1) is 5.92 Å². The minimum atomic E-state index is -1.98. The average molecular weight is 320 g/mol. The smallest absolute Gasteiger partial charge is 0.407 e. The molecule has 1 aliphatic rings. The number of alkyl carbamates (subject to hydrolysis) is 1. The minimum absolute atomic E-state index is 0.371. The fourth-order valence-electron chi connectivity index (χ4n) is 2.19. The third-order valence-electron chi connectivity index (χ3n) is 3.40. The van der Waals surface area contributed by atoms with Gasteiger partial charge in [-0.05, 0) is 5.92 Å². The van der Waals surface area contributed by atoms with E-state index in [1.165, 1.54) is 0 Å². The molecule has 2 amide bonds. The van der Waals surface area contributed by atoms with Crippen molar-refractivity contribution in [1.82, 2.24) is 10.2 Å². The van der Waals surface area contributed by atoms with Crippen LogP contribution < -0.4 is 5.32 Å². The molecular weight excluding hydrogens is 302 g/mol. The van der Waals surface area contributed by atoms with Crippen LogP contribution in [0.1, 0.15) is 20.3 Å². The van der Waals surface area contributed by atoms with Crippen molar-refractivity contribution >= 4 is 18.0 Å². The maximum absolute atomic E-state index is 12.7. The van der Waals surface area contributed by atoms with Crippen LogP contribution in [-0.4, -0.2) is 53.7 Å². The van der Waals surface area contributed by atoms with Crippen molar-refractivity contribution in [1.29, 1.82) is 0 Å². The van der Waals surface area contributed by atoms with Gasteiger partial charge in [-0.3, -0.25) is 4.79 Å². The van der Waals surface area contributed by atoms with Crippen LogP contribution in [0.5, 0.6) is 0 Å². The van der Waals surface area contributed by atoms with E-state index in [4.69, 9.17) is 5.11 Å². The number of likely N-dealkylation sites (tertiary alicyclic amines) is 1. The number of carboxylic acid groups (broad SMARTS) is 1. The standard InChI is InChI=1S/C13H18F2N2O5/c1-6(2)9(16-13(21)22-3)11(18)17-5-7(10(14)15)4-8(17)12(19)20/h6,8-9H,4-5H2,1-3H3,(H,16,21)(H,19,20)/t8-,9-/m0/s1. The third kappa shape index (κ3) is 3.92. The van der Waals surface area contributed by atoms with Gasteiger partial charge in [-0.2, -0.15) is 8.78 Å². The molecule has 2 N–H and O–H groups in total.